The van der Waals surface area contributed by atoms with E-state index in [-0.39, 0.29) is 18.0 Å². The van der Waals surface area contributed by atoms with Gasteiger partial charge in [0.25, 0.3) is 5.91 Å². The number of hydrogen-bond donors (Lipinski definition) is 2. The molecule has 0 spiro atoms. The Kier molecular flexibility index (Phi) is 5.26. The van der Waals surface area contributed by atoms with E-state index < -0.39 is 0 Å². The minimum absolute atomic E-state index is 0.0637. The largest absolute Gasteiger partial charge is 0.352 e. The molecule has 10 heteroatoms. The summed E-state index contributed by atoms with van der Waals surface area (Å²) in [6, 6.07) is 18.1. The topological polar surface area (TPSA) is 116 Å². The van der Waals surface area contributed by atoms with E-state index in [1.54, 1.807) is 18.5 Å². The van der Waals surface area contributed by atoms with E-state index in [2.05, 4.69) is 31.5 Å². The number of anilines is 3. The molecule has 10 nitrogen and oxygen atoms in total. The van der Waals surface area contributed by atoms with Gasteiger partial charge in [-0.25, -0.2) is 15.0 Å². The summed E-state index contributed by atoms with van der Waals surface area (Å²) in [5.41, 5.74) is 3.51. The van der Waals surface area contributed by atoms with Crippen molar-refractivity contribution in [2.75, 3.05) is 23.3 Å². The Morgan fingerprint density at radius 3 is 2.62 bits per heavy atom. The van der Waals surface area contributed by atoms with Gasteiger partial charge in [0.2, 0.25) is 0 Å². The van der Waals surface area contributed by atoms with E-state index >= 15 is 0 Å². The fourth-order valence-corrected chi connectivity index (χ4v) is 5.90. The molecule has 2 N–H and O–H groups in total. The van der Waals surface area contributed by atoms with E-state index in [0.717, 1.165) is 47.6 Å². The number of para-hydroxylation sites is 1. The van der Waals surface area contributed by atoms with Gasteiger partial charge in [0.15, 0.2) is 11.6 Å². The number of aromatic nitrogens is 6. The first-order chi connectivity index (χ1) is 19.7. The van der Waals surface area contributed by atoms with Crippen LogP contribution in [0, 0.1) is 0 Å². The lowest BCUT2D eigenvalue weighted by Gasteiger charge is -2.56. The predicted octanol–water partition coefficient (Wildman–Crippen LogP) is 4.53. The van der Waals surface area contributed by atoms with Crippen LogP contribution in [-0.2, 0) is 0 Å². The van der Waals surface area contributed by atoms with Crippen molar-refractivity contribution in [3.05, 3.63) is 84.4 Å². The quantitative estimate of drug-likeness (QED) is 0.330. The minimum Gasteiger partial charge on any atom is -0.352 e. The molecule has 4 aliphatic rings. The lowest BCUT2D eigenvalue weighted by molar-refractivity contribution is 0.00573. The maximum absolute atomic E-state index is 13.0. The molecule has 198 valence electrons. The number of piperidine rings is 1. The molecule has 4 fully saturated rings. The van der Waals surface area contributed by atoms with Crippen LogP contribution >= 0.6 is 0 Å². The van der Waals surface area contributed by atoms with Crippen molar-refractivity contribution in [1.29, 1.82) is 0 Å². The lowest BCUT2D eigenvalue weighted by Crippen LogP contribution is -2.70. The molecule has 5 aromatic rings. The van der Waals surface area contributed by atoms with Gasteiger partial charge in [0, 0.05) is 60.3 Å². The second-order valence-corrected chi connectivity index (χ2v) is 10.8. The number of fused-ring (bicyclic) bond motifs is 3. The summed E-state index contributed by atoms with van der Waals surface area (Å²) in [5.74, 6) is 3.63. The van der Waals surface area contributed by atoms with Gasteiger partial charge in [-0.1, -0.05) is 12.1 Å². The highest BCUT2D eigenvalue weighted by atomic mass is 16.2. The number of rotatable bonds is 6. The second-order valence-electron chi connectivity index (χ2n) is 10.8. The lowest BCUT2D eigenvalue weighted by atomic mass is 9.86. The van der Waals surface area contributed by atoms with Gasteiger partial charge in [0.05, 0.1) is 23.2 Å². The van der Waals surface area contributed by atoms with Crippen molar-refractivity contribution in [2.24, 2.45) is 0 Å². The maximum Gasteiger partial charge on any atom is 0.256 e. The third kappa shape index (κ3) is 4.03. The fraction of sp³-hybridized carbons (Fsp3) is 0.267. The first-order valence-electron chi connectivity index (χ1n) is 13.7. The molecule has 1 aromatic carbocycles. The number of nitrogens with zero attached hydrogens (tertiary/aromatic N) is 7. The van der Waals surface area contributed by atoms with Crippen molar-refractivity contribution in [1.82, 2.24) is 35.0 Å². The number of piperazine rings is 1. The van der Waals surface area contributed by atoms with Crippen LogP contribution in [0.4, 0.5) is 17.5 Å². The summed E-state index contributed by atoms with van der Waals surface area (Å²) in [6.07, 6.45) is 8.62. The number of hydrogen-bond acceptors (Lipinski definition) is 8. The summed E-state index contributed by atoms with van der Waals surface area (Å²) in [6.45, 7) is 1.53. The molecule has 7 heterocycles. The highest BCUT2D eigenvalue weighted by Gasteiger charge is 2.47. The molecule has 1 aliphatic carbocycles. The number of pyridine rings is 2. The maximum atomic E-state index is 13.0. The van der Waals surface area contributed by atoms with Gasteiger partial charge < -0.3 is 15.1 Å². The fourth-order valence-electron chi connectivity index (χ4n) is 5.90. The Morgan fingerprint density at radius 2 is 1.85 bits per heavy atom. The minimum atomic E-state index is 0.0637. The Hall–Kier alpha value is -4.86. The molecular weight excluding hydrogens is 502 g/mol. The number of amides is 1. The van der Waals surface area contributed by atoms with Gasteiger partial charge in [-0.2, -0.15) is 5.10 Å². The van der Waals surface area contributed by atoms with Gasteiger partial charge in [-0.05, 0) is 55.7 Å². The molecule has 9 rings (SSSR count). The normalized spacial score (nSPS) is 19.9. The van der Waals surface area contributed by atoms with Crippen LogP contribution in [0.15, 0.2) is 73.2 Å². The molecule has 2 atom stereocenters. The Morgan fingerprint density at radius 1 is 0.975 bits per heavy atom. The van der Waals surface area contributed by atoms with E-state index in [9.17, 15) is 4.79 Å². The molecule has 0 radical (unpaired) electrons. The molecule has 40 heavy (non-hydrogen) atoms. The van der Waals surface area contributed by atoms with Crippen LogP contribution < -0.4 is 10.2 Å². The first-order valence-corrected chi connectivity index (χ1v) is 13.7. The number of carbonyl (C=O) groups is 1. The molecule has 2 bridgehead atoms. The third-order valence-corrected chi connectivity index (χ3v) is 8.13. The number of benzene rings is 1. The van der Waals surface area contributed by atoms with Crippen molar-refractivity contribution in [2.45, 2.75) is 37.3 Å². The molecule has 3 saturated heterocycles. The zero-order valence-corrected chi connectivity index (χ0v) is 21.7. The number of aromatic amines is 1. The van der Waals surface area contributed by atoms with E-state index in [0.29, 0.717) is 23.1 Å². The highest BCUT2D eigenvalue weighted by Crippen LogP contribution is 2.40. The average Bonchev–Trinajstić information content (AvgIpc) is 3.76. The van der Waals surface area contributed by atoms with E-state index in [1.165, 1.54) is 18.5 Å². The van der Waals surface area contributed by atoms with E-state index in [1.807, 2.05) is 53.6 Å². The van der Waals surface area contributed by atoms with Gasteiger partial charge in [0.1, 0.15) is 11.6 Å². The van der Waals surface area contributed by atoms with Crippen LogP contribution in [0.25, 0.3) is 22.3 Å². The van der Waals surface area contributed by atoms with Crippen molar-refractivity contribution >= 4 is 34.3 Å². The van der Waals surface area contributed by atoms with Crippen LogP contribution in [0.5, 0.6) is 0 Å². The predicted molar refractivity (Wildman–Crippen MR) is 151 cm³/mol. The summed E-state index contributed by atoms with van der Waals surface area (Å²) >= 11 is 0. The van der Waals surface area contributed by atoms with Crippen LogP contribution in [-0.4, -0.2) is 66.1 Å². The second kappa shape index (κ2) is 9.11. The standard InChI is InChI=1S/C30H27N9O/c40-30(20-4-3-11-31-14-20)39-21-12-22(39)17-38(16-21)27-10-9-19(15-32-27)28-33-24-6-2-1-5-23(24)29(35-28)34-26-13-25(36-37-26)18-7-8-18/h1-6,9-11,13-15,18,21-22H,7-8,12,16-17H2,(H2,33,34,35,36,37). The SMILES string of the molecule is O=C(c1cccnc1)N1C2CC1CN(c1ccc(-c3nc(Nc4cc(C5CC5)[nH]n4)c4ccccc4n3)cn1)C2. The number of H-pyrrole nitrogens is 1. The van der Waals surface area contributed by atoms with Crippen molar-refractivity contribution in [3.63, 3.8) is 0 Å². The number of carbonyl (C=O) groups excluding carboxylic acids is 1. The van der Waals surface area contributed by atoms with Gasteiger partial charge in [-0.3, -0.25) is 14.9 Å². The molecule has 4 aromatic heterocycles. The summed E-state index contributed by atoms with van der Waals surface area (Å²) in [4.78, 5) is 35.8. The Bertz CT molecular complexity index is 1700. The zero-order valence-electron chi connectivity index (χ0n) is 21.7. The van der Waals surface area contributed by atoms with Crippen molar-refractivity contribution < 1.29 is 4.79 Å². The average molecular weight is 530 g/mol. The summed E-state index contributed by atoms with van der Waals surface area (Å²) in [5, 5.41) is 11.9. The molecule has 3 aliphatic heterocycles. The smallest absolute Gasteiger partial charge is 0.256 e. The first kappa shape index (κ1) is 23.1. The number of nitrogens with one attached hydrogen (secondary N) is 2. The summed E-state index contributed by atoms with van der Waals surface area (Å²) < 4.78 is 0. The Labute approximate surface area is 230 Å². The highest BCUT2D eigenvalue weighted by molar-refractivity contribution is 5.95. The zero-order chi connectivity index (χ0) is 26.6. The van der Waals surface area contributed by atoms with E-state index in [4.69, 9.17) is 15.0 Å². The molecule has 1 amide bonds. The van der Waals surface area contributed by atoms with Crippen LogP contribution in [0.2, 0.25) is 0 Å². The summed E-state index contributed by atoms with van der Waals surface area (Å²) in [7, 11) is 0. The van der Waals surface area contributed by atoms with Gasteiger partial charge >= 0.3 is 0 Å². The van der Waals surface area contributed by atoms with Crippen molar-refractivity contribution in [3.8, 4) is 11.4 Å². The Balaban J connectivity index is 1.02. The molecule has 1 saturated carbocycles. The molecule has 2 unspecified atom stereocenters. The van der Waals surface area contributed by atoms with Crippen LogP contribution in [0.1, 0.15) is 41.2 Å². The third-order valence-electron chi connectivity index (χ3n) is 8.13. The monoisotopic (exact) mass is 529 g/mol. The molecular formula is C30H27N9O. The van der Waals surface area contributed by atoms with Crippen LogP contribution in [0.3, 0.4) is 0 Å². The van der Waals surface area contributed by atoms with Gasteiger partial charge in [-0.15, -0.1) is 0 Å².